The van der Waals surface area contributed by atoms with E-state index in [0.717, 1.165) is 18.5 Å². The van der Waals surface area contributed by atoms with E-state index in [1.165, 1.54) is 17.2 Å². The number of piperazine rings is 1. The normalized spacial score (nSPS) is 16.4. The van der Waals surface area contributed by atoms with Gasteiger partial charge in [-0.05, 0) is 48.2 Å². The second-order valence-electron chi connectivity index (χ2n) is 8.47. The molecule has 1 aliphatic heterocycles. The van der Waals surface area contributed by atoms with Crippen LogP contribution in [0, 0.1) is 0 Å². The Kier molecular flexibility index (Phi) is 6.15. The van der Waals surface area contributed by atoms with Gasteiger partial charge in [-0.15, -0.1) is 0 Å². The van der Waals surface area contributed by atoms with Crippen LogP contribution in [0.15, 0.2) is 71.3 Å². The van der Waals surface area contributed by atoms with Crippen LogP contribution in [-0.2, 0) is 6.18 Å². The predicted molar refractivity (Wildman–Crippen MR) is 126 cm³/mol. The molecule has 0 spiro atoms. The van der Waals surface area contributed by atoms with Crippen molar-refractivity contribution in [1.29, 1.82) is 0 Å². The molecule has 1 fully saturated rings. The lowest BCUT2D eigenvalue weighted by molar-refractivity contribution is -0.159. The minimum atomic E-state index is -4.72. The van der Waals surface area contributed by atoms with Gasteiger partial charge < -0.3 is 14.3 Å². The van der Waals surface area contributed by atoms with Gasteiger partial charge in [0.1, 0.15) is 0 Å². The molecule has 0 atom stereocenters. The zero-order chi connectivity index (χ0) is 24.4. The maximum Gasteiger partial charge on any atom is 0.471 e. The molecule has 0 N–H and O–H groups in total. The minimum absolute atomic E-state index is 0.183. The van der Waals surface area contributed by atoms with Gasteiger partial charge in [-0.3, -0.25) is 4.79 Å². The van der Waals surface area contributed by atoms with E-state index < -0.39 is 12.1 Å². The molecule has 0 bridgehead atoms. The van der Waals surface area contributed by atoms with Gasteiger partial charge in [0.05, 0.1) is 0 Å². The van der Waals surface area contributed by atoms with Crippen LogP contribution in [0.5, 0.6) is 0 Å². The van der Waals surface area contributed by atoms with Gasteiger partial charge in [-0.2, -0.15) is 18.2 Å². The number of rotatable bonds is 4. The van der Waals surface area contributed by atoms with Gasteiger partial charge in [0.15, 0.2) is 0 Å². The number of hydrogen-bond donors (Lipinski definition) is 0. The Labute approximate surface area is 200 Å². The van der Waals surface area contributed by atoms with E-state index in [9.17, 15) is 18.0 Å². The Balaban J connectivity index is 1.25. The number of allylic oxidation sites excluding steroid dienone is 4. The number of alkyl halides is 3. The summed E-state index contributed by atoms with van der Waals surface area (Å²) in [5, 5.41) is 3.40. The first-order valence-corrected chi connectivity index (χ1v) is 11.4. The van der Waals surface area contributed by atoms with E-state index in [4.69, 9.17) is 0 Å². The molecule has 5 rings (SSSR count). The fourth-order valence-electron chi connectivity index (χ4n) is 4.31. The minimum Gasteiger partial charge on any atom is -0.368 e. The zero-order valence-electron chi connectivity index (χ0n) is 18.8. The lowest BCUT2D eigenvalue weighted by Gasteiger charge is -2.36. The van der Waals surface area contributed by atoms with Crippen molar-refractivity contribution < 1.29 is 22.5 Å². The fraction of sp³-hybridized carbons (Fsp3) is 0.269. The largest absolute Gasteiger partial charge is 0.471 e. The van der Waals surface area contributed by atoms with Crippen molar-refractivity contribution in [3.63, 3.8) is 0 Å². The first-order valence-electron chi connectivity index (χ1n) is 11.4. The van der Waals surface area contributed by atoms with E-state index in [1.54, 1.807) is 23.1 Å². The fourth-order valence-corrected chi connectivity index (χ4v) is 4.31. The smallest absolute Gasteiger partial charge is 0.368 e. The SMILES string of the molecule is O=C(c1cccc(-c2noc(C(F)(F)F)n2)c1)N1CCN(c2cccc(C3=CCCC=C3)c2)CC1. The van der Waals surface area contributed by atoms with E-state index >= 15 is 0 Å². The third-order valence-electron chi connectivity index (χ3n) is 6.14. The topological polar surface area (TPSA) is 62.5 Å². The van der Waals surface area contributed by atoms with E-state index in [2.05, 4.69) is 62.1 Å². The molecule has 1 amide bonds. The third kappa shape index (κ3) is 4.99. The molecule has 9 heteroatoms. The zero-order valence-corrected chi connectivity index (χ0v) is 18.8. The van der Waals surface area contributed by atoms with Gasteiger partial charge in [0.2, 0.25) is 5.82 Å². The summed E-state index contributed by atoms with van der Waals surface area (Å²) < 4.78 is 42.6. The molecule has 2 heterocycles. The molecule has 3 aromatic rings. The standard InChI is InChI=1S/C26H23F3N4O2/c27-26(28,29)25-30-23(31-35-25)20-9-4-10-21(16-20)24(34)33-14-12-32(13-15-33)22-11-5-8-19(17-22)18-6-2-1-3-7-18/h2,4-11,16-17H,1,3,12-15H2. The number of aromatic nitrogens is 2. The lowest BCUT2D eigenvalue weighted by atomic mass is 9.99. The maximum absolute atomic E-state index is 13.1. The van der Waals surface area contributed by atoms with Crippen LogP contribution in [0.25, 0.3) is 17.0 Å². The molecule has 1 aromatic heterocycles. The number of halogens is 3. The highest BCUT2D eigenvalue weighted by Gasteiger charge is 2.38. The van der Waals surface area contributed by atoms with Crippen LogP contribution in [-0.4, -0.2) is 47.1 Å². The summed E-state index contributed by atoms with van der Waals surface area (Å²) in [6.07, 6.45) is 4.01. The van der Waals surface area contributed by atoms with E-state index in [0.29, 0.717) is 31.7 Å². The van der Waals surface area contributed by atoms with Crippen LogP contribution in [0.1, 0.15) is 34.7 Å². The number of carbonyl (C=O) groups excluding carboxylic acids is 1. The van der Waals surface area contributed by atoms with Crippen LogP contribution in [0.4, 0.5) is 18.9 Å². The van der Waals surface area contributed by atoms with Gasteiger partial charge >= 0.3 is 12.1 Å². The molecule has 35 heavy (non-hydrogen) atoms. The summed E-state index contributed by atoms with van der Waals surface area (Å²) in [7, 11) is 0. The number of amides is 1. The van der Waals surface area contributed by atoms with Crippen LogP contribution in [0.3, 0.4) is 0 Å². The quantitative estimate of drug-likeness (QED) is 0.497. The van der Waals surface area contributed by atoms with Crippen molar-refractivity contribution in [1.82, 2.24) is 15.0 Å². The van der Waals surface area contributed by atoms with Crippen LogP contribution < -0.4 is 4.90 Å². The Morgan fingerprint density at radius 1 is 0.943 bits per heavy atom. The summed E-state index contributed by atoms with van der Waals surface area (Å²) >= 11 is 0. The van der Waals surface area contributed by atoms with Crippen molar-refractivity contribution in [2.75, 3.05) is 31.1 Å². The van der Waals surface area contributed by atoms with Crippen molar-refractivity contribution in [2.45, 2.75) is 19.0 Å². The summed E-state index contributed by atoms with van der Waals surface area (Å²) in [4.78, 5) is 20.5. The first kappa shape index (κ1) is 22.9. The van der Waals surface area contributed by atoms with Crippen LogP contribution >= 0.6 is 0 Å². The van der Waals surface area contributed by atoms with Gasteiger partial charge in [0, 0.05) is 43.0 Å². The molecule has 180 valence electrons. The average Bonchev–Trinajstić information content (AvgIpc) is 3.41. The third-order valence-corrected chi connectivity index (χ3v) is 6.14. The number of nitrogens with zero attached hydrogens (tertiary/aromatic N) is 4. The second-order valence-corrected chi connectivity index (χ2v) is 8.47. The monoisotopic (exact) mass is 480 g/mol. The maximum atomic E-state index is 13.1. The molecular weight excluding hydrogens is 457 g/mol. The molecule has 1 aliphatic carbocycles. The van der Waals surface area contributed by atoms with E-state index in [-0.39, 0.29) is 17.3 Å². The van der Waals surface area contributed by atoms with Crippen molar-refractivity contribution >= 4 is 17.2 Å². The van der Waals surface area contributed by atoms with Crippen molar-refractivity contribution in [3.8, 4) is 11.4 Å². The molecular formula is C26H23F3N4O2. The van der Waals surface area contributed by atoms with Gasteiger partial charge in [-0.1, -0.05) is 47.7 Å². The number of anilines is 1. The molecule has 2 aromatic carbocycles. The Morgan fingerprint density at radius 2 is 1.71 bits per heavy atom. The number of carbonyl (C=O) groups is 1. The summed E-state index contributed by atoms with van der Waals surface area (Å²) in [6.45, 7) is 2.44. The lowest BCUT2D eigenvalue weighted by Crippen LogP contribution is -2.48. The predicted octanol–water partition coefficient (Wildman–Crippen LogP) is 5.45. The number of hydrogen-bond acceptors (Lipinski definition) is 5. The van der Waals surface area contributed by atoms with E-state index in [1.807, 2.05) is 0 Å². The Bertz CT molecular complexity index is 1290. The second kappa shape index (κ2) is 9.40. The molecule has 0 radical (unpaired) electrons. The summed E-state index contributed by atoms with van der Waals surface area (Å²) in [5.41, 5.74) is 4.19. The molecule has 1 saturated heterocycles. The van der Waals surface area contributed by atoms with Crippen molar-refractivity contribution in [2.24, 2.45) is 0 Å². The van der Waals surface area contributed by atoms with Crippen molar-refractivity contribution in [3.05, 3.63) is 83.8 Å². The Hall–Kier alpha value is -3.88. The molecule has 0 unspecified atom stereocenters. The van der Waals surface area contributed by atoms with Gasteiger partial charge in [-0.25, -0.2) is 0 Å². The number of benzene rings is 2. The summed E-state index contributed by atoms with van der Waals surface area (Å²) in [6, 6.07) is 14.7. The molecule has 6 nitrogen and oxygen atoms in total. The van der Waals surface area contributed by atoms with Gasteiger partial charge in [0.25, 0.3) is 5.91 Å². The highest BCUT2D eigenvalue weighted by Crippen LogP contribution is 2.30. The first-order chi connectivity index (χ1) is 16.9. The highest BCUT2D eigenvalue weighted by atomic mass is 19.4. The Morgan fingerprint density at radius 3 is 2.43 bits per heavy atom. The summed E-state index contributed by atoms with van der Waals surface area (Å²) in [5.74, 6) is -1.81. The molecule has 0 saturated carbocycles. The molecule has 2 aliphatic rings. The average molecular weight is 480 g/mol. The van der Waals surface area contributed by atoms with Crippen LogP contribution in [0.2, 0.25) is 0 Å². The highest BCUT2D eigenvalue weighted by molar-refractivity contribution is 5.95.